The van der Waals surface area contributed by atoms with Crippen LogP contribution in [0.2, 0.25) is 0 Å². The number of aromatic nitrogens is 1. The van der Waals surface area contributed by atoms with E-state index < -0.39 is 0 Å². The van der Waals surface area contributed by atoms with Crippen molar-refractivity contribution >= 4 is 15.9 Å². The summed E-state index contributed by atoms with van der Waals surface area (Å²) in [6.07, 6.45) is 0.752. The first kappa shape index (κ1) is 10.4. The first-order valence-electron chi connectivity index (χ1n) is 4.82. The van der Waals surface area contributed by atoms with Gasteiger partial charge >= 0.3 is 0 Å². The number of hydrogen-bond acceptors (Lipinski definition) is 2. The fourth-order valence-electron chi connectivity index (χ4n) is 1.39. The van der Waals surface area contributed by atoms with Gasteiger partial charge in [-0.2, -0.15) is 0 Å². The Labute approximate surface area is 97.5 Å². The van der Waals surface area contributed by atoms with Gasteiger partial charge in [-0.15, -0.1) is 0 Å². The van der Waals surface area contributed by atoms with Crippen molar-refractivity contribution in [3.05, 3.63) is 51.6 Å². The van der Waals surface area contributed by atoms with E-state index in [1.165, 1.54) is 5.56 Å². The lowest BCUT2D eigenvalue weighted by Gasteiger charge is -1.97. The van der Waals surface area contributed by atoms with E-state index in [0.717, 1.165) is 28.2 Å². The summed E-state index contributed by atoms with van der Waals surface area (Å²) in [5.74, 6) is 1.69. The minimum absolute atomic E-state index is 0.752. The Bertz CT molecular complexity index is 439. The van der Waals surface area contributed by atoms with Crippen LogP contribution in [-0.2, 0) is 6.42 Å². The molecule has 0 fully saturated rings. The second-order valence-corrected chi connectivity index (χ2v) is 4.47. The Hall–Kier alpha value is -1.09. The second-order valence-electron chi connectivity index (χ2n) is 3.55. The molecule has 0 bridgehead atoms. The van der Waals surface area contributed by atoms with Gasteiger partial charge in [0.05, 0.1) is 5.69 Å². The second kappa shape index (κ2) is 4.19. The van der Waals surface area contributed by atoms with E-state index in [9.17, 15) is 0 Å². The van der Waals surface area contributed by atoms with Crippen molar-refractivity contribution in [3.8, 4) is 0 Å². The Morgan fingerprint density at radius 1 is 1.20 bits per heavy atom. The Morgan fingerprint density at radius 3 is 2.40 bits per heavy atom. The summed E-state index contributed by atoms with van der Waals surface area (Å²) in [5, 5.41) is 0. The molecule has 0 saturated carbocycles. The average Bonchev–Trinajstić information content (AvgIpc) is 2.50. The van der Waals surface area contributed by atoms with Crippen LogP contribution in [0.3, 0.4) is 0 Å². The van der Waals surface area contributed by atoms with Gasteiger partial charge in [-0.25, -0.2) is 4.98 Å². The molecule has 1 heterocycles. The molecule has 0 unspecified atom stereocenters. The number of rotatable bonds is 2. The van der Waals surface area contributed by atoms with Crippen LogP contribution in [0.5, 0.6) is 0 Å². The minimum atomic E-state index is 0.752. The molecule has 0 atom stereocenters. The molecule has 2 nitrogen and oxygen atoms in total. The minimum Gasteiger partial charge on any atom is -0.445 e. The van der Waals surface area contributed by atoms with Gasteiger partial charge < -0.3 is 4.42 Å². The highest BCUT2D eigenvalue weighted by Gasteiger charge is 2.05. The van der Waals surface area contributed by atoms with E-state index in [0.29, 0.717) is 0 Å². The van der Waals surface area contributed by atoms with Crippen LogP contribution in [0.4, 0.5) is 0 Å². The molecule has 0 aliphatic heterocycles. The smallest absolute Gasteiger partial charge is 0.199 e. The maximum absolute atomic E-state index is 5.53. The third-order valence-corrected chi connectivity index (χ3v) is 2.87. The Kier molecular flexibility index (Phi) is 2.91. The first-order valence-corrected chi connectivity index (χ1v) is 5.62. The number of benzene rings is 1. The van der Waals surface area contributed by atoms with Gasteiger partial charge in [0.15, 0.2) is 5.89 Å². The Morgan fingerprint density at radius 2 is 1.87 bits per heavy atom. The predicted molar refractivity (Wildman–Crippen MR) is 62.9 cm³/mol. The number of aryl methyl sites for hydroxylation is 2. The lowest BCUT2D eigenvalue weighted by molar-refractivity contribution is 0.481. The lowest BCUT2D eigenvalue weighted by atomic mass is 10.1. The summed E-state index contributed by atoms with van der Waals surface area (Å²) in [7, 11) is 0. The van der Waals surface area contributed by atoms with Gasteiger partial charge in [-0.05, 0) is 31.5 Å². The first-order chi connectivity index (χ1) is 7.15. The molecule has 2 aromatic rings. The standard InChI is InChI=1S/C12H12BrNO/c1-8-9(2)15-12(14-8)7-10-3-5-11(13)6-4-10/h3-6H,7H2,1-2H3. The number of oxazole rings is 1. The van der Waals surface area contributed by atoms with Crippen LogP contribution in [0.1, 0.15) is 22.9 Å². The molecular formula is C12H12BrNO. The summed E-state index contributed by atoms with van der Waals surface area (Å²) < 4.78 is 6.61. The van der Waals surface area contributed by atoms with Gasteiger partial charge in [-0.1, -0.05) is 28.1 Å². The molecule has 78 valence electrons. The molecule has 1 aromatic carbocycles. The molecule has 15 heavy (non-hydrogen) atoms. The highest BCUT2D eigenvalue weighted by Crippen LogP contribution is 2.15. The van der Waals surface area contributed by atoms with Crippen LogP contribution < -0.4 is 0 Å². The van der Waals surface area contributed by atoms with E-state index in [1.807, 2.05) is 26.0 Å². The molecule has 0 radical (unpaired) electrons. The van der Waals surface area contributed by atoms with Gasteiger partial charge in [-0.3, -0.25) is 0 Å². The molecule has 0 saturated heterocycles. The molecule has 0 aliphatic rings. The number of hydrogen-bond donors (Lipinski definition) is 0. The fourth-order valence-corrected chi connectivity index (χ4v) is 1.66. The topological polar surface area (TPSA) is 26.0 Å². The summed E-state index contributed by atoms with van der Waals surface area (Å²) in [6.45, 7) is 3.90. The molecule has 2 rings (SSSR count). The fraction of sp³-hybridized carbons (Fsp3) is 0.250. The zero-order chi connectivity index (χ0) is 10.8. The largest absolute Gasteiger partial charge is 0.445 e. The van der Waals surface area contributed by atoms with Crippen molar-refractivity contribution in [2.24, 2.45) is 0 Å². The summed E-state index contributed by atoms with van der Waals surface area (Å²) in [5.41, 5.74) is 2.18. The van der Waals surface area contributed by atoms with E-state index >= 15 is 0 Å². The van der Waals surface area contributed by atoms with Gasteiger partial charge in [0.25, 0.3) is 0 Å². The monoisotopic (exact) mass is 265 g/mol. The van der Waals surface area contributed by atoms with Gasteiger partial charge in [0.1, 0.15) is 5.76 Å². The zero-order valence-electron chi connectivity index (χ0n) is 8.75. The van der Waals surface area contributed by atoms with Crippen molar-refractivity contribution in [2.45, 2.75) is 20.3 Å². The number of halogens is 1. The third kappa shape index (κ3) is 2.48. The highest BCUT2D eigenvalue weighted by molar-refractivity contribution is 9.10. The lowest BCUT2D eigenvalue weighted by Crippen LogP contribution is -1.87. The molecular weight excluding hydrogens is 254 g/mol. The van der Waals surface area contributed by atoms with Gasteiger partial charge in [0.2, 0.25) is 0 Å². The van der Waals surface area contributed by atoms with Crippen LogP contribution in [0.15, 0.2) is 33.2 Å². The highest BCUT2D eigenvalue weighted by atomic mass is 79.9. The molecule has 0 spiro atoms. The number of nitrogens with zero attached hydrogens (tertiary/aromatic N) is 1. The van der Waals surface area contributed by atoms with E-state index in [1.54, 1.807) is 0 Å². The van der Waals surface area contributed by atoms with E-state index in [2.05, 4.69) is 33.0 Å². The van der Waals surface area contributed by atoms with E-state index in [4.69, 9.17) is 4.42 Å². The van der Waals surface area contributed by atoms with Crippen molar-refractivity contribution in [3.63, 3.8) is 0 Å². The van der Waals surface area contributed by atoms with Crippen molar-refractivity contribution in [1.82, 2.24) is 4.98 Å². The van der Waals surface area contributed by atoms with Crippen LogP contribution in [-0.4, -0.2) is 4.98 Å². The summed E-state index contributed by atoms with van der Waals surface area (Å²) >= 11 is 3.41. The predicted octanol–water partition coefficient (Wildman–Crippen LogP) is 3.64. The van der Waals surface area contributed by atoms with Crippen LogP contribution in [0.25, 0.3) is 0 Å². The zero-order valence-corrected chi connectivity index (χ0v) is 10.3. The van der Waals surface area contributed by atoms with Crippen molar-refractivity contribution < 1.29 is 4.42 Å². The SMILES string of the molecule is Cc1nc(Cc2ccc(Br)cc2)oc1C. The van der Waals surface area contributed by atoms with Crippen molar-refractivity contribution in [2.75, 3.05) is 0 Å². The van der Waals surface area contributed by atoms with E-state index in [-0.39, 0.29) is 0 Å². The van der Waals surface area contributed by atoms with Crippen LogP contribution >= 0.6 is 15.9 Å². The Balaban J connectivity index is 2.18. The molecule has 1 aromatic heterocycles. The molecule has 0 aliphatic carbocycles. The molecule has 0 amide bonds. The normalized spacial score (nSPS) is 10.6. The van der Waals surface area contributed by atoms with Crippen molar-refractivity contribution in [1.29, 1.82) is 0 Å². The van der Waals surface area contributed by atoms with Gasteiger partial charge in [0, 0.05) is 10.9 Å². The van der Waals surface area contributed by atoms with Crippen LogP contribution in [0, 0.1) is 13.8 Å². The molecule has 0 N–H and O–H groups in total. The summed E-state index contributed by atoms with van der Waals surface area (Å²) in [4.78, 5) is 4.35. The summed E-state index contributed by atoms with van der Waals surface area (Å²) in [6, 6.07) is 8.19. The average molecular weight is 266 g/mol. The maximum atomic E-state index is 5.53. The quantitative estimate of drug-likeness (QED) is 0.829. The molecule has 3 heteroatoms. The maximum Gasteiger partial charge on any atom is 0.199 e. The third-order valence-electron chi connectivity index (χ3n) is 2.34.